The first kappa shape index (κ1) is 20.8. The molecule has 146 valence electrons. The first-order valence-corrected chi connectivity index (χ1v) is 9.89. The van der Waals surface area contributed by atoms with Crippen molar-refractivity contribution in [1.29, 1.82) is 0 Å². The molecule has 2 rings (SSSR count). The smallest absolute Gasteiger partial charge is 0.340 e. The van der Waals surface area contributed by atoms with Crippen molar-refractivity contribution in [2.75, 3.05) is 12.8 Å². The molecule has 7 heteroatoms. The zero-order valence-electron chi connectivity index (χ0n) is 16.4. The third kappa shape index (κ3) is 4.24. The molecule has 2 aromatic rings. The van der Waals surface area contributed by atoms with Crippen molar-refractivity contribution in [2.24, 2.45) is 0 Å². The SMILES string of the molecule is COc1ccc(S(=O)(=O)c2c(C(=O)OC(C)(C)C)cc(C)c(N)c2C)cc1. The van der Waals surface area contributed by atoms with Gasteiger partial charge in [0.1, 0.15) is 11.4 Å². The minimum atomic E-state index is -4.00. The summed E-state index contributed by atoms with van der Waals surface area (Å²) >= 11 is 0. The van der Waals surface area contributed by atoms with E-state index in [9.17, 15) is 13.2 Å². The number of carbonyl (C=O) groups excluding carboxylic acids is 1. The minimum absolute atomic E-state index is 0.0232. The number of hydrogen-bond donors (Lipinski definition) is 1. The molecule has 0 heterocycles. The van der Waals surface area contributed by atoms with E-state index in [4.69, 9.17) is 15.2 Å². The van der Waals surface area contributed by atoms with Gasteiger partial charge in [-0.3, -0.25) is 0 Å². The number of benzene rings is 2. The Morgan fingerprint density at radius 2 is 1.63 bits per heavy atom. The molecule has 0 aromatic heterocycles. The quantitative estimate of drug-likeness (QED) is 0.631. The fourth-order valence-electron chi connectivity index (χ4n) is 2.68. The number of rotatable bonds is 4. The Morgan fingerprint density at radius 3 is 2.11 bits per heavy atom. The molecule has 0 aliphatic carbocycles. The van der Waals surface area contributed by atoms with Gasteiger partial charge in [0.2, 0.25) is 9.84 Å². The Hall–Kier alpha value is -2.54. The van der Waals surface area contributed by atoms with E-state index in [0.29, 0.717) is 22.6 Å². The number of nitrogen functional groups attached to an aromatic ring is 1. The zero-order valence-corrected chi connectivity index (χ0v) is 17.2. The lowest BCUT2D eigenvalue weighted by molar-refractivity contribution is 0.00648. The normalized spacial score (nSPS) is 11.9. The molecule has 2 N–H and O–H groups in total. The second kappa shape index (κ2) is 7.23. The van der Waals surface area contributed by atoms with E-state index >= 15 is 0 Å². The molecular weight excluding hydrogens is 366 g/mol. The van der Waals surface area contributed by atoms with Crippen LogP contribution in [-0.4, -0.2) is 27.1 Å². The number of methoxy groups -OCH3 is 1. The van der Waals surface area contributed by atoms with Crippen molar-refractivity contribution in [1.82, 2.24) is 0 Å². The Labute approximate surface area is 160 Å². The average Bonchev–Trinajstić information content (AvgIpc) is 2.57. The van der Waals surface area contributed by atoms with Crippen LogP contribution in [-0.2, 0) is 14.6 Å². The number of hydrogen-bond acceptors (Lipinski definition) is 6. The Morgan fingerprint density at radius 1 is 1.07 bits per heavy atom. The predicted octanol–water partition coefficient (Wildman–Crippen LogP) is 3.68. The number of nitrogens with two attached hydrogens (primary N) is 1. The lowest BCUT2D eigenvalue weighted by Crippen LogP contribution is -2.25. The van der Waals surface area contributed by atoms with Gasteiger partial charge in [-0.05, 0) is 76.1 Å². The third-order valence-electron chi connectivity index (χ3n) is 4.03. The molecule has 0 amide bonds. The average molecular weight is 391 g/mol. The summed E-state index contributed by atoms with van der Waals surface area (Å²) in [5, 5.41) is 0. The molecule has 0 radical (unpaired) electrons. The van der Waals surface area contributed by atoms with E-state index < -0.39 is 21.4 Å². The molecule has 0 aliphatic rings. The van der Waals surface area contributed by atoms with Crippen LogP contribution in [0.3, 0.4) is 0 Å². The van der Waals surface area contributed by atoms with Gasteiger partial charge < -0.3 is 15.2 Å². The van der Waals surface area contributed by atoms with Gasteiger partial charge >= 0.3 is 5.97 Å². The lowest BCUT2D eigenvalue weighted by Gasteiger charge is -2.22. The van der Waals surface area contributed by atoms with Crippen LogP contribution in [0.2, 0.25) is 0 Å². The van der Waals surface area contributed by atoms with E-state index in [1.165, 1.54) is 25.3 Å². The van der Waals surface area contributed by atoms with Crippen LogP contribution >= 0.6 is 0 Å². The standard InChI is InChI=1S/C20H25NO5S/c1-12-11-16(19(22)26-20(3,4)5)18(13(2)17(12)21)27(23,24)15-9-7-14(25-6)8-10-15/h7-11H,21H2,1-6H3. The minimum Gasteiger partial charge on any atom is -0.497 e. The van der Waals surface area contributed by atoms with Gasteiger partial charge in [-0.2, -0.15) is 0 Å². The number of anilines is 1. The highest BCUT2D eigenvalue weighted by molar-refractivity contribution is 7.91. The van der Waals surface area contributed by atoms with Gasteiger partial charge in [0, 0.05) is 5.69 Å². The van der Waals surface area contributed by atoms with Gasteiger partial charge in [-0.15, -0.1) is 0 Å². The van der Waals surface area contributed by atoms with Crippen molar-refractivity contribution in [3.63, 3.8) is 0 Å². The molecule has 0 saturated heterocycles. The topological polar surface area (TPSA) is 95.7 Å². The van der Waals surface area contributed by atoms with Crippen molar-refractivity contribution in [3.05, 3.63) is 47.0 Å². The van der Waals surface area contributed by atoms with Crippen molar-refractivity contribution < 1.29 is 22.7 Å². The van der Waals surface area contributed by atoms with Gasteiger partial charge in [-0.25, -0.2) is 13.2 Å². The summed E-state index contributed by atoms with van der Waals surface area (Å²) in [4.78, 5) is 12.6. The molecule has 6 nitrogen and oxygen atoms in total. The largest absolute Gasteiger partial charge is 0.497 e. The number of aryl methyl sites for hydroxylation is 1. The maximum atomic E-state index is 13.3. The fraction of sp³-hybridized carbons (Fsp3) is 0.350. The molecule has 0 fully saturated rings. The molecule has 0 saturated carbocycles. The van der Waals surface area contributed by atoms with Crippen LogP contribution in [0.5, 0.6) is 5.75 Å². The molecule has 27 heavy (non-hydrogen) atoms. The van der Waals surface area contributed by atoms with Crippen molar-refractivity contribution in [3.8, 4) is 5.75 Å². The zero-order chi connectivity index (χ0) is 20.6. The van der Waals surface area contributed by atoms with Crippen LogP contribution < -0.4 is 10.5 Å². The molecule has 0 unspecified atom stereocenters. The van der Waals surface area contributed by atoms with E-state index in [-0.39, 0.29) is 15.4 Å². The van der Waals surface area contributed by atoms with Crippen LogP contribution in [0.1, 0.15) is 42.3 Å². The molecule has 0 bridgehead atoms. The highest BCUT2D eigenvalue weighted by Crippen LogP contribution is 2.34. The lowest BCUT2D eigenvalue weighted by atomic mass is 10.0. The summed E-state index contributed by atoms with van der Waals surface area (Å²) in [5.41, 5.74) is 6.54. The van der Waals surface area contributed by atoms with Gasteiger partial charge in [0.05, 0.1) is 22.5 Å². The molecule has 2 aromatic carbocycles. The first-order valence-electron chi connectivity index (χ1n) is 8.40. The van der Waals surface area contributed by atoms with Crippen LogP contribution in [0.15, 0.2) is 40.1 Å². The Bertz CT molecular complexity index is 971. The number of ether oxygens (including phenoxy) is 2. The summed E-state index contributed by atoms with van der Waals surface area (Å²) in [5.74, 6) is -0.178. The molecule has 0 spiro atoms. The second-order valence-corrected chi connectivity index (χ2v) is 9.18. The number of sulfone groups is 1. The van der Waals surface area contributed by atoms with E-state index in [1.807, 2.05) is 0 Å². The summed E-state index contributed by atoms with van der Waals surface area (Å²) in [6, 6.07) is 7.43. The monoisotopic (exact) mass is 391 g/mol. The Balaban J connectivity index is 2.73. The van der Waals surface area contributed by atoms with Gasteiger partial charge in [0.25, 0.3) is 0 Å². The van der Waals surface area contributed by atoms with E-state index in [2.05, 4.69) is 0 Å². The van der Waals surface area contributed by atoms with E-state index in [1.54, 1.807) is 46.8 Å². The number of carbonyl (C=O) groups is 1. The molecule has 0 atom stereocenters. The maximum absolute atomic E-state index is 13.3. The Kier molecular flexibility index (Phi) is 5.56. The van der Waals surface area contributed by atoms with Gasteiger partial charge in [-0.1, -0.05) is 0 Å². The highest BCUT2D eigenvalue weighted by Gasteiger charge is 2.31. The molecular formula is C20H25NO5S. The van der Waals surface area contributed by atoms with Crippen LogP contribution in [0.25, 0.3) is 0 Å². The molecule has 0 aliphatic heterocycles. The fourth-order valence-corrected chi connectivity index (χ4v) is 4.36. The maximum Gasteiger partial charge on any atom is 0.340 e. The van der Waals surface area contributed by atoms with Crippen LogP contribution in [0, 0.1) is 13.8 Å². The summed E-state index contributed by atoms with van der Waals surface area (Å²) in [6.07, 6.45) is 0. The van der Waals surface area contributed by atoms with Gasteiger partial charge in [0.15, 0.2) is 0 Å². The van der Waals surface area contributed by atoms with Crippen molar-refractivity contribution >= 4 is 21.5 Å². The third-order valence-corrected chi connectivity index (χ3v) is 5.99. The first-order chi connectivity index (χ1) is 12.4. The second-order valence-electron chi connectivity index (χ2n) is 7.29. The van der Waals surface area contributed by atoms with Crippen LogP contribution in [0.4, 0.5) is 5.69 Å². The summed E-state index contributed by atoms with van der Waals surface area (Å²) in [6.45, 7) is 8.48. The summed E-state index contributed by atoms with van der Waals surface area (Å²) in [7, 11) is -2.51. The predicted molar refractivity (Wildman–Crippen MR) is 104 cm³/mol. The van der Waals surface area contributed by atoms with Crippen molar-refractivity contribution in [2.45, 2.75) is 50.0 Å². The summed E-state index contributed by atoms with van der Waals surface area (Å²) < 4.78 is 37.1. The highest BCUT2D eigenvalue weighted by atomic mass is 32.2. The van der Waals surface area contributed by atoms with E-state index in [0.717, 1.165) is 0 Å². The number of esters is 1.